The fourth-order valence-corrected chi connectivity index (χ4v) is 5.55. The number of carbonyl (C=O) groups is 3. The van der Waals surface area contributed by atoms with Gasteiger partial charge in [-0.25, -0.2) is 4.79 Å². The molecule has 1 heterocycles. The summed E-state index contributed by atoms with van der Waals surface area (Å²) in [5.41, 5.74) is 8.34. The maximum atomic E-state index is 13.1. The van der Waals surface area contributed by atoms with Crippen LogP contribution in [0.25, 0.3) is 17.7 Å². The average Bonchev–Trinajstić information content (AvgIpc) is 3.20. The lowest BCUT2D eigenvalue weighted by atomic mass is 9.86. The fraction of sp³-hybridized carbons (Fsp3) is 0.286. The van der Waals surface area contributed by atoms with Crippen LogP contribution in [0.1, 0.15) is 47.6 Å². The van der Waals surface area contributed by atoms with E-state index in [-0.39, 0.29) is 26.3 Å². The van der Waals surface area contributed by atoms with E-state index in [1.165, 1.54) is 33.4 Å². The number of hydrogen-bond acceptors (Lipinski definition) is 6. The van der Waals surface area contributed by atoms with Crippen molar-refractivity contribution in [3.05, 3.63) is 112 Å². The molecule has 1 aliphatic heterocycles. The van der Waals surface area contributed by atoms with Gasteiger partial charge in [0.2, 0.25) is 5.91 Å². The van der Waals surface area contributed by atoms with Crippen LogP contribution in [0.5, 0.6) is 0 Å². The molecule has 0 aromatic heterocycles. The number of fused-ring (bicyclic) bond motifs is 2. The highest BCUT2D eigenvalue weighted by Crippen LogP contribution is 2.38. The Hall–Kier alpha value is -4.69. The monoisotopic (exact) mass is 579 g/mol. The minimum absolute atomic E-state index is 0.0856. The van der Waals surface area contributed by atoms with Gasteiger partial charge < -0.3 is 25.0 Å². The van der Waals surface area contributed by atoms with Gasteiger partial charge in [-0.05, 0) is 53.2 Å². The van der Waals surface area contributed by atoms with Crippen molar-refractivity contribution in [3.63, 3.8) is 0 Å². The third-order valence-electron chi connectivity index (χ3n) is 7.69. The summed E-state index contributed by atoms with van der Waals surface area (Å²) in [5.74, 6) is -1.000. The zero-order valence-corrected chi connectivity index (χ0v) is 24.4. The minimum atomic E-state index is -0.907. The molecule has 2 amide bonds. The number of nitrogens with one attached hydrogen (secondary N) is 2. The number of hydrogen-bond donors (Lipinski definition) is 2. The number of likely N-dealkylation sites (tertiary alicyclic amines) is 1. The van der Waals surface area contributed by atoms with Crippen molar-refractivity contribution in [3.8, 4) is 0 Å². The predicted molar refractivity (Wildman–Crippen MR) is 167 cm³/mol. The number of nitrogens with zero attached hydrogens (tertiary/aromatic N) is 1. The van der Waals surface area contributed by atoms with Crippen molar-refractivity contribution in [2.24, 2.45) is 0 Å². The van der Waals surface area contributed by atoms with E-state index in [4.69, 9.17) is 9.47 Å². The Balaban J connectivity index is 1.29. The van der Waals surface area contributed by atoms with Crippen LogP contribution in [0.15, 0.2) is 84.4 Å². The number of benzene rings is 3. The van der Waals surface area contributed by atoms with Crippen LogP contribution >= 0.6 is 0 Å². The van der Waals surface area contributed by atoms with Gasteiger partial charge in [0, 0.05) is 19.6 Å². The van der Waals surface area contributed by atoms with Crippen molar-refractivity contribution in [1.82, 2.24) is 15.5 Å². The van der Waals surface area contributed by atoms with Crippen LogP contribution in [0.2, 0.25) is 0 Å². The van der Waals surface area contributed by atoms with Gasteiger partial charge in [0.15, 0.2) is 0 Å². The standard InChI is InChI=1S/C35H37N3O5/c1-2-42-32(39)22-36-34(40)31(37-35(41)43-24-25-10-4-3-5-11-25)23-38-20-18-28(19-21-38)33-29-14-8-6-12-26(29)16-17-27-13-7-9-15-30(27)33/h3-17,31H,2,18-24H2,1H3,(H,36,40)(H,37,41)/t31-/m0/s1. The number of ether oxygens (including phenoxy) is 2. The van der Waals surface area contributed by atoms with Gasteiger partial charge in [0.05, 0.1) is 6.61 Å². The quantitative estimate of drug-likeness (QED) is 0.270. The van der Waals surface area contributed by atoms with Gasteiger partial charge in [-0.15, -0.1) is 0 Å². The molecule has 8 heteroatoms. The first-order chi connectivity index (χ1) is 21.0. The zero-order chi connectivity index (χ0) is 30.0. The van der Waals surface area contributed by atoms with Gasteiger partial charge in [-0.3, -0.25) is 9.59 Å². The molecule has 0 saturated carbocycles. The Labute approximate surface area is 252 Å². The lowest BCUT2D eigenvalue weighted by molar-refractivity contribution is -0.143. The molecule has 1 saturated heterocycles. The maximum Gasteiger partial charge on any atom is 0.408 e. The molecule has 43 heavy (non-hydrogen) atoms. The second-order valence-corrected chi connectivity index (χ2v) is 10.6. The van der Waals surface area contributed by atoms with Crippen molar-refractivity contribution in [2.75, 3.05) is 32.8 Å². The second-order valence-electron chi connectivity index (χ2n) is 10.6. The normalized spacial score (nSPS) is 15.0. The lowest BCUT2D eigenvalue weighted by Gasteiger charge is -2.32. The summed E-state index contributed by atoms with van der Waals surface area (Å²) in [7, 11) is 0. The third kappa shape index (κ3) is 7.78. The molecule has 0 bridgehead atoms. The molecule has 8 nitrogen and oxygen atoms in total. The Bertz CT molecular complexity index is 1450. The minimum Gasteiger partial charge on any atom is -0.465 e. The van der Waals surface area contributed by atoms with Crippen molar-refractivity contribution in [2.45, 2.75) is 32.4 Å². The van der Waals surface area contributed by atoms with E-state index in [0.29, 0.717) is 0 Å². The van der Waals surface area contributed by atoms with E-state index in [9.17, 15) is 14.4 Å². The Morgan fingerprint density at radius 3 is 2.05 bits per heavy atom. The first kappa shape index (κ1) is 29.8. The molecule has 0 spiro atoms. The van der Waals surface area contributed by atoms with E-state index in [0.717, 1.165) is 31.5 Å². The molecule has 5 rings (SSSR count). The van der Waals surface area contributed by atoms with E-state index < -0.39 is 24.0 Å². The molecule has 1 aliphatic carbocycles. The molecule has 222 valence electrons. The molecule has 1 atom stereocenters. The smallest absolute Gasteiger partial charge is 0.408 e. The average molecular weight is 580 g/mol. The molecular weight excluding hydrogens is 542 g/mol. The van der Waals surface area contributed by atoms with E-state index in [2.05, 4.69) is 76.2 Å². The number of alkyl carbamates (subject to hydrolysis) is 1. The summed E-state index contributed by atoms with van der Waals surface area (Å²) in [4.78, 5) is 39.9. The molecule has 1 fully saturated rings. The molecule has 2 N–H and O–H groups in total. The summed E-state index contributed by atoms with van der Waals surface area (Å²) in [6, 6.07) is 25.4. The topological polar surface area (TPSA) is 97.0 Å². The van der Waals surface area contributed by atoms with Gasteiger partial charge in [-0.1, -0.05) is 96.6 Å². The SMILES string of the molecule is CCOC(=O)CNC(=O)[C@H](CN1CCC(=C2c3ccccc3C=Cc3ccccc32)CC1)NC(=O)OCc1ccccc1. The fourth-order valence-electron chi connectivity index (χ4n) is 5.55. The highest BCUT2D eigenvalue weighted by Gasteiger charge is 2.28. The summed E-state index contributed by atoms with van der Waals surface area (Å²) in [6.45, 7) is 3.47. The van der Waals surface area contributed by atoms with E-state index in [1.54, 1.807) is 6.92 Å². The Kier molecular flexibility index (Phi) is 10.0. The van der Waals surface area contributed by atoms with E-state index >= 15 is 0 Å². The number of rotatable bonds is 9. The summed E-state index contributed by atoms with van der Waals surface area (Å²) in [5, 5.41) is 5.31. The van der Waals surface area contributed by atoms with Crippen LogP contribution in [-0.4, -0.2) is 61.7 Å². The van der Waals surface area contributed by atoms with Gasteiger partial charge in [0.25, 0.3) is 0 Å². The predicted octanol–water partition coefficient (Wildman–Crippen LogP) is 5.04. The zero-order valence-electron chi connectivity index (χ0n) is 24.4. The van der Waals surface area contributed by atoms with Crippen molar-refractivity contribution < 1.29 is 23.9 Å². The third-order valence-corrected chi connectivity index (χ3v) is 7.69. The van der Waals surface area contributed by atoms with Crippen LogP contribution in [0.3, 0.4) is 0 Å². The first-order valence-corrected chi connectivity index (χ1v) is 14.7. The highest BCUT2D eigenvalue weighted by atomic mass is 16.5. The van der Waals surface area contributed by atoms with E-state index in [1.807, 2.05) is 30.3 Å². The van der Waals surface area contributed by atoms with Crippen LogP contribution in [0, 0.1) is 0 Å². The summed E-state index contributed by atoms with van der Waals surface area (Å²) >= 11 is 0. The number of carbonyl (C=O) groups excluding carboxylic acids is 3. The van der Waals surface area contributed by atoms with Crippen LogP contribution in [0.4, 0.5) is 4.79 Å². The summed E-state index contributed by atoms with van der Waals surface area (Å²) in [6.07, 6.45) is 5.32. The van der Waals surface area contributed by atoms with Crippen molar-refractivity contribution >= 4 is 35.7 Å². The molecule has 3 aromatic carbocycles. The van der Waals surface area contributed by atoms with Crippen LogP contribution < -0.4 is 10.6 Å². The summed E-state index contributed by atoms with van der Waals surface area (Å²) < 4.78 is 10.3. The maximum absolute atomic E-state index is 13.1. The number of piperidine rings is 1. The molecule has 0 radical (unpaired) electrons. The molecule has 2 aliphatic rings. The lowest BCUT2D eigenvalue weighted by Crippen LogP contribution is -2.54. The Morgan fingerprint density at radius 1 is 0.814 bits per heavy atom. The van der Waals surface area contributed by atoms with Crippen LogP contribution in [-0.2, 0) is 25.7 Å². The largest absolute Gasteiger partial charge is 0.465 e. The number of amides is 2. The molecular formula is C35H37N3O5. The van der Waals surface area contributed by atoms with Gasteiger partial charge >= 0.3 is 12.1 Å². The van der Waals surface area contributed by atoms with Gasteiger partial charge in [0.1, 0.15) is 19.2 Å². The van der Waals surface area contributed by atoms with Gasteiger partial charge in [-0.2, -0.15) is 0 Å². The first-order valence-electron chi connectivity index (χ1n) is 14.7. The molecule has 3 aromatic rings. The second kappa shape index (κ2) is 14.5. The highest BCUT2D eigenvalue weighted by molar-refractivity contribution is 5.95. The number of esters is 1. The molecule has 0 unspecified atom stereocenters. The Morgan fingerprint density at radius 2 is 1.42 bits per heavy atom. The van der Waals surface area contributed by atoms with Crippen molar-refractivity contribution in [1.29, 1.82) is 0 Å².